The van der Waals surface area contributed by atoms with Crippen LogP contribution in [-0.4, -0.2) is 42.5 Å². The van der Waals surface area contributed by atoms with Crippen molar-refractivity contribution in [1.82, 2.24) is 9.29 Å². The molecule has 9 heteroatoms. The number of amides is 1. The zero-order chi connectivity index (χ0) is 24.3. The molecular weight excluding hydrogens is 470 g/mol. The molecule has 180 valence electrons. The van der Waals surface area contributed by atoms with Gasteiger partial charge >= 0.3 is 0 Å². The molecular formula is C25H29N3O4S2. The number of piperidine rings is 1. The van der Waals surface area contributed by atoms with Crippen LogP contribution in [0.25, 0.3) is 10.2 Å². The first-order valence-corrected chi connectivity index (χ1v) is 13.8. The largest absolute Gasteiger partial charge is 0.302 e. The average molecular weight is 500 g/mol. The number of ketones is 1. The molecule has 4 rings (SSSR count). The molecule has 2 heterocycles. The van der Waals surface area contributed by atoms with Crippen LogP contribution in [0.15, 0.2) is 47.4 Å². The second kappa shape index (κ2) is 10.3. The highest BCUT2D eigenvalue weighted by molar-refractivity contribution is 7.89. The number of nitrogens with zero attached hydrogens (tertiary/aromatic N) is 2. The summed E-state index contributed by atoms with van der Waals surface area (Å²) >= 11 is 1.47. The molecule has 0 atom stereocenters. The van der Waals surface area contributed by atoms with Gasteiger partial charge in [-0.3, -0.25) is 9.59 Å². The number of Topliss-reactive ketones (excluding diaryl/α,β-unsaturated/α-hetero) is 1. The molecule has 0 unspecified atom stereocenters. The van der Waals surface area contributed by atoms with Crippen LogP contribution in [0.3, 0.4) is 0 Å². The van der Waals surface area contributed by atoms with Gasteiger partial charge in [0.25, 0.3) is 0 Å². The van der Waals surface area contributed by atoms with Crippen molar-refractivity contribution in [3.05, 3.63) is 53.6 Å². The molecule has 0 aliphatic carbocycles. The highest BCUT2D eigenvalue weighted by Crippen LogP contribution is 2.29. The smallest absolute Gasteiger partial charge is 0.243 e. The van der Waals surface area contributed by atoms with Gasteiger partial charge in [-0.2, -0.15) is 4.31 Å². The minimum Gasteiger partial charge on any atom is -0.302 e. The number of fused-ring (bicyclic) bond motifs is 1. The summed E-state index contributed by atoms with van der Waals surface area (Å²) in [6, 6.07) is 12.2. The Hall–Kier alpha value is -2.62. The lowest BCUT2D eigenvalue weighted by Gasteiger charge is -2.30. The summed E-state index contributed by atoms with van der Waals surface area (Å²) in [5.74, 6) is -0.493. The molecule has 1 aromatic heterocycles. The summed E-state index contributed by atoms with van der Waals surface area (Å²) in [5, 5.41) is 3.51. The number of anilines is 1. The standard InChI is InChI=1S/C25H29N3O4S2/c1-3-4-5-18-6-11-22-23(16-18)33-25(26-22)27-24(30)20-12-14-28(15-13-20)34(31,32)21-9-7-19(8-10-21)17(2)29/h6-11,16,20H,3-5,12-15H2,1-2H3,(H,26,27,30). The highest BCUT2D eigenvalue weighted by Gasteiger charge is 2.32. The van der Waals surface area contributed by atoms with E-state index in [0.29, 0.717) is 23.5 Å². The summed E-state index contributed by atoms with van der Waals surface area (Å²) in [5.41, 5.74) is 2.62. The van der Waals surface area contributed by atoms with E-state index in [2.05, 4.69) is 29.4 Å². The highest BCUT2D eigenvalue weighted by atomic mass is 32.2. The number of benzene rings is 2. The maximum Gasteiger partial charge on any atom is 0.243 e. The molecule has 1 saturated heterocycles. The Morgan fingerprint density at radius 1 is 1.12 bits per heavy atom. The monoisotopic (exact) mass is 499 g/mol. The maximum absolute atomic E-state index is 13.0. The van der Waals surface area contributed by atoms with Gasteiger partial charge in [-0.25, -0.2) is 13.4 Å². The van der Waals surface area contributed by atoms with Crippen LogP contribution in [0.2, 0.25) is 0 Å². The van der Waals surface area contributed by atoms with Crippen molar-refractivity contribution in [2.45, 2.75) is 50.8 Å². The predicted molar refractivity (Wildman–Crippen MR) is 135 cm³/mol. The minimum absolute atomic E-state index is 0.110. The summed E-state index contributed by atoms with van der Waals surface area (Å²) in [4.78, 5) is 29.0. The van der Waals surface area contributed by atoms with E-state index in [-0.39, 0.29) is 35.6 Å². The van der Waals surface area contributed by atoms with Gasteiger partial charge in [0.2, 0.25) is 15.9 Å². The van der Waals surface area contributed by atoms with Crippen molar-refractivity contribution < 1.29 is 18.0 Å². The van der Waals surface area contributed by atoms with E-state index in [1.807, 2.05) is 6.07 Å². The fourth-order valence-electron chi connectivity index (χ4n) is 4.14. The van der Waals surface area contributed by atoms with Crippen LogP contribution in [0.1, 0.15) is 55.5 Å². The number of hydrogen-bond acceptors (Lipinski definition) is 6. The van der Waals surface area contributed by atoms with Crippen molar-refractivity contribution in [1.29, 1.82) is 0 Å². The number of carbonyl (C=O) groups excluding carboxylic acids is 2. The number of aryl methyl sites for hydroxylation is 1. The number of sulfonamides is 1. The molecule has 1 aliphatic rings. The van der Waals surface area contributed by atoms with E-state index >= 15 is 0 Å². The maximum atomic E-state index is 13.0. The van der Waals surface area contributed by atoms with Gasteiger partial charge in [-0.05, 0) is 62.4 Å². The third-order valence-corrected chi connectivity index (χ3v) is 9.07. The van der Waals surface area contributed by atoms with Crippen molar-refractivity contribution in [2.75, 3.05) is 18.4 Å². The zero-order valence-corrected chi connectivity index (χ0v) is 21.0. The minimum atomic E-state index is -3.66. The molecule has 2 aromatic carbocycles. The average Bonchev–Trinajstić information content (AvgIpc) is 3.24. The van der Waals surface area contributed by atoms with Crippen LogP contribution in [0.4, 0.5) is 5.13 Å². The molecule has 1 amide bonds. The number of unbranched alkanes of at least 4 members (excludes halogenated alkanes) is 1. The summed E-state index contributed by atoms with van der Waals surface area (Å²) in [7, 11) is -3.66. The molecule has 0 radical (unpaired) electrons. The van der Waals surface area contributed by atoms with Gasteiger partial charge in [0.05, 0.1) is 15.1 Å². The Morgan fingerprint density at radius 3 is 2.47 bits per heavy atom. The number of rotatable bonds is 8. The fraction of sp³-hybridized carbons (Fsp3) is 0.400. The number of aromatic nitrogens is 1. The Morgan fingerprint density at radius 2 is 1.82 bits per heavy atom. The molecule has 34 heavy (non-hydrogen) atoms. The van der Waals surface area contributed by atoms with Gasteiger partial charge in [0, 0.05) is 24.6 Å². The second-order valence-electron chi connectivity index (χ2n) is 8.67. The van der Waals surface area contributed by atoms with Crippen LogP contribution in [0, 0.1) is 5.92 Å². The van der Waals surface area contributed by atoms with Gasteiger partial charge in [0.15, 0.2) is 10.9 Å². The molecule has 7 nitrogen and oxygen atoms in total. The lowest BCUT2D eigenvalue weighted by Crippen LogP contribution is -2.41. The lowest BCUT2D eigenvalue weighted by atomic mass is 9.97. The predicted octanol–water partition coefficient (Wildman–Crippen LogP) is 4.88. The zero-order valence-electron chi connectivity index (χ0n) is 19.4. The fourth-order valence-corrected chi connectivity index (χ4v) is 6.54. The summed E-state index contributed by atoms with van der Waals surface area (Å²) < 4.78 is 28.4. The number of carbonyl (C=O) groups is 2. The van der Waals surface area contributed by atoms with Gasteiger partial charge < -0.3 is 5.32 Å². The molecule has 1 aliphatic heterocycles. The quantitative estimate of drug-likeness (QED) is 0.446. The molecule has 1 N–H and O–H groups in total. The summed E-state index contributed by atoms with van der Waals surface area (Å²) in [6.45, 7) is 4.16. The van der Waals surface area contributed by atoms with Gasteiger partial charge in [-0.1, -0.05) is 42.9 Å². The normalized spacial score (nSPS) is 15.5. The van der Waals surface area contributed by atoms with E-state index in [1.54, 1.807) is 0 Å². The molecule has 1 fully saturated rings. The van der Waals surface area contributed by atoms with Crippen molar-refractivity contribution in [3.8, 4) is 0 Å². The lowest BCUT2D eigenvalue weighted by molar-refractivity contribution is -0.120. The van der Waals surface area contributed by atoms with Crippen molar-refractivity contribution in [3.63, 3.8) is 0 Å². The van der Waals surface area contributed by atoms with Crippen LogP contribution >= 0.6 is 11.3 Å². The first-order chi connectivity index (χ1) is 16.3. The van der Waals surface area contributed by atoms with Crippen molar-refractivity contribution >= 4 is 48.4 Å². The van der Waals surface area contributed by atoms with Crippen LogP contribution in [-0.2, 0) is 21.2 Å². The number of nitrogens with one attached hydrogen (secondary N) is 1. The Bertz CT molecular complexity index is 1290. The third-order valence-electron chi connectivity index (χ3n) is 6.23. The van der Waals surface area contributed by atoms with Gasteiger partial charge in [-0.15, -0.1) is 0 Å². The van der Waals surface area contributed by atoms with Crippen LogP contribution in [0.5, 0.6) is 0 Å². The van der Waals surface area contributed by atoms with E-state index in [1.165, 1.54) is 52.4 Å². The molecule has 0 bridgehead atoms. The van der Waals surface area contributed by atoms with Crippen LogP contribution < -0.4 is 5.32 Å². The van der Waals surface area contributed by atoms with E-state index in [4.69, 9.17) is 0 Å². The van der Waals surface area contributed by atoms with E-state index < -0.39 is 10.0 Å². The number of thiazole rings is 1. The molecule has 3 aromatic rings. The number of hydrogen-bond donors (Lipinski definition) is 1. The SMILES string of the molecule is CCCCc1ccc2nc(NC(=O)C3CCN(S(=O)(=O)c4ccc(C(C)=O)cc4)CC3)sc2c1. The Balaban J connectivity index is 1.36. The van der Waals surface area contributed by atoms with Crippen molar-refractivity contribution in [2.24, 2.45) is 5.92 Å². The topological polar surface area (TPSA) is 96.4 Å². The van der Waals surface area contributed by atoms with Gasteiger partial charge in [0.1, 0.15) is 0 Å². The Kier molecular flexibility index (Phi) is 7.45. The molecule has 0 saturated carbocycles. The van der Waals surface area contributed by atoms with E-state index in [0.717, 1.165) is 29.5 Å². The first-order valence-electron chi connectivity index (χ1n) is 11.6. The van der Waals surface area contributed by atoms with E-state index in [9.17, 15) is 18.0 Å². The third kappa shape index (κ3) is 5.37. The summed E-state index contributed by atoms with van der Waals surface area (Å²) in [6.07, 6.45) is 4.22. The Labute approximate surface area is 204 Å². The molecule has 0 spiro atoms. The first kappa shape index (κ1) is 24.5. The second-order valence-corrected chi connectivity index (χ2v) is 11.6.